The summed E-state index contributed by atoms with van der Waals surface area (Å²) in [5, 5.41) is 10.9. The third kappa shape index (κ3) is 3.37. The van der Waals surface area contributed by atoms with Crippen LogP contribution < -0.4 is 0 Å². The van der Waals surface area contributed by atoms with Crippen LogP contribution in [0.15, 0.2) is 72.0 Å². The highest BCUT2D eigenvalue weighted by atomic mass is 16.6. The minimum Gasteiger partial charge on any atom is -0.504 e. The van der Waals surface area contributed by atoms with Crippen LogP contribution in [0.2, 0.25) is 0 Å². The number of carbonyl (C=O) groups excluding carboxylic acids is 2. The summed E-state index contributed by atoms with van der Waals surface area (Å²) < 4.78 is 5.70. The number of hydrogen-bond donors (Lipinski definition) is 1. The fraction of sp³-hybridized carbons (Fsp3) is 0.360. The summed E-state index contributed by atoms with van der Waals surface area (Å²) in [5.41, 5.74) is 1.56. The highest BCUT2D eigenvalue weighted by Crippen LogP contribution is 2.51. The summed E-state index contributed by atoms with van der Waals surface area (Å²) in [5.74, 6) is -1.60. The molecule has 0 radical (unpaired) electrons. The van der Waals surface area contributed by atoms with Crippen molar-refractivity contribution in [2.75, 3.05) is 0 Å². The smallest absolute Gasteiger partial charge is 0.339 e. The molecule has 4 rings (SSSR count). The number of hydrogen-bond acceptors (Lipinski definition) is 4. The van der Waals surface area contributed by atoms with Gasteiger partial charge in [0.15, 0.2) is 11.9 Å². The molecular formula is C25H26O4. The molecule has 2 atom stereocenters. The van der Waals surface area contributed by atoms with E-state index in [0.29, 0.717) is 12.8 Å². The molecule has 2 aliphatic rings. The van der Waals surface area contributed by atoms with Crippen molar-refractivity contribution in [1.82, 2.24) is 0 Å². The van der Waals surface area contributed by atoms with Gasteiger partial charge in [-0.25, -0.2) is 4.79 Å². The van der Waals surface area contributed by atoms with E-state index in [1.54, 1.807) is 0 Å². The maximum Gasteiger partial charge on any atom is 0.339 e. The van der Waals surface area contributed by atoms with Gasteiger partial charge in [0, 0.05) is 11.3 Å². The van der Waals surface area contributed by atoms with Crippen molar-refractivity contribution < 1.29 is 19.4 Å². The number of aliphatic hydroxyl groups is 1. The minimum absolute atomic E-state index is 0.144. The van der Waals surface area contributed by atoms with Gasteiger partial charge in [-0.1, -0.05) is 74.0 Å². The lowest BCUT2D eigenvalue weighted by atomic mass is 9.59. The Bertz CT molecular complexity index is 926. The minimum atomic E-state index is -0.940. The summed E-state index contributed by atoms with van der Waals surface area (Å²) in [4.78, 5) is 26.2. The molecule has 1 fully saturated rings. The summed E-state index contributed by atoms with van der Waals surface area (Å²) in [7, 11) is 0. The maximum atomic E-state index is 13.1. The predicted octanol–water partition coefficient (Wildman–Crippen LogP) is 4.68. The zero-order valence-electron chi connectivity index (χ0n) is 16.6. The second-order valence-corrected chi connectivity index (χ2v) is 8.07. The van der Waals surface area contributed by atoms with Gasteiger partial charge in [-0.3, -0.25) is 4.79 Å². The van der Waals surface area contributed by atoms with Crippen molar-refractivity contribution in [3.63, 3.8) is 0 Å². The van der Waals surface area contributed by atoms with Crippen LogP contribution >= 0.6 is 0 Å². The fourth-order valence-corrected chi connectivity index (χ4v) is 4.67. The average molecular weight is 390 g/mol. The van der Waals surface area contributed by atoms with E-state index >= 15 is 0 Å². The van der Waals surface area contributed by atoms with E-state index in [9.17, 15) is 14.7 Å². The standard InChI is InChI=1S/C25H26O4/c1-2-18(16-17-10-5-3-6-11-17)23-22(27)21(26)20(24(28)29-23)25(14-9-15-25)19-12-7-4-8-13-19/h3-8,10-13,18,23,26H,2,9,14-16H2,1H3. The molecule has 2 unspecified atom stereocenters. The highest BCUT2D eigenvalue weighted by molar-refractivity contribution is 6.10. The largest absolute Gasteiger partial charge is 0.504 e. The van der Waals surface area contributed by atoms with Gasteiger partial charge in [0.2, 0.25) is 5.78 Å². The van der Waals surface area contributed by atoms with E-state index in [-0.39, 0.29) is 11.5 Å². The summed E-state index contributed by atoms with van der Waals surface area (Å²) in [6.45, 7) is 1.97. The van der Waals surface area contributed by atoms with Crippen LogP contribution in [0.5, 0.6) is 0 Å². The molecule has 0 saturated heterocycles. The number of carbonyl (C=O) groups is 2. The first-order valence-electron chi connectivity index (χ1n) is 10.3. The van der Waals surface area contributed by atoms with Crippen LogP contribution in [0.4, 0.5) is 0 Å². The fourth-order valence-electron chi connectivity index (χ4n) is 4.67. The molecule has 4 heteroatoms. The third-order valence-corrected chi connectivity index (χ3v) is 6.47. The first-order valence-corrected chi connectivity index (χ1v) is 10.3. The first kappa shape index (κ1) is 19.4. The van der Waals surface area contributed by atoms with Crippen molar-refractivity contribution >= 4 is 11.8 Å². The Labute approximate surface area is 171 Å². The molecule has 1 saturated carbocycles. The second-order valence-electron chi connectivity index (χ2n) is 8.07. The SMILES string of the molecule is CCC(Cc1ccccc1)C1OC(=O)C(C2(c3ccccc3)CCC2)=C(O)C1=O. The topological polar surface area (TPSA) is 63.6 Å². The van der Waals surface area contributed by atoms with Crippen LogP contribution in [-0.4, -0.2) is 23.0 Å². The predicted molar refractivity (Wildman–Crippen MR) is 110 cm³/mol. The summed E-state index contributed by atoms with van der Waals surface area (Å²) in [6.07, 6.45) is 2.75. The Hall–Kier alpha value is -2.88. The molecule has 1 aliphatic carbocycles. The Kier molecular flexibility index (Phi) is 5.27. The molecular weight excluding hydrogens is 364 g/mol. The first-order chi connectivity index (χ1) is 14.1. The number of benzene rings is 2. The van der Waals surface area contributed by atoms with Gasteiger partial charge >= 0.3 is 5.97 Å². The van der Waals surface area contributed by atoms with Crippen molar-refractivity contribution in [2.24, 2.45) is 5.92 Å². The lowest BCUT2D eigenvalue weighted by Gasteiger charge is -2.45. The number of aliphatic hydroxyl groups excluding tert-OH is 1. The molecule has 1 N–H and O–H groups in total. The molecule has 0 spiro atoms. The van der Waals surface area contributed by atoms with Crippen molar-refractivity contribution in [3.05, 3.63) is 83.1 Å². The molecule has 0 bridgehead atoms. The summed E-state index contributed by atoms with van der Waals surface area (Å²) in [6, 6.07) is 19.5. The number of rotatable bonds is 6. The van der Waals surface area contributed by atoms with E-state index in [1.807, 2.05) is 67.6 Å². The maximum absolute atomic E-state index is 13.1. The van der Waals surface area contributed by atoms with Gasteiger partial charge in [-0.15, -0.1) is 0 Å². The van der Waals surface area contributed by atoms with Crippen LogP contribution in [-0.2, 0) is 26.2 Å². The van der Waals surface area contributed by atoms with Crippen molar-refractivity contribution in [1.29, 1.82) is 0 Å². The number of ether oxygens (including phenoxy) is 1. The van der Waals surface area contributed by atoms with E-state index in [4.69, 9.17) is 4.74 Å². The molecule has 4 nitrogen and oxygen atoms in total. The zero-order valence-corrected chi connectivity index (χ0v) is 16.6. The molecule has 0 amide bonds. The summed E-state index contributed by atoms with van der Waals surface area (Å²) >= 11 is 0. The zero-order chi connectivity index (χ0) is 20.4. The Balaban J connectivity index is 1.66. The quantitative estimate of drug-likeness (QED) is 0.727. The highest BCUT2D eigenvalue weighted by Gasteiger charge is 2.52. The normalized spacial score (nSPS) is 22.0. The van der Waals surface area contributed by atoms with E-state index < -0.39 is 29.0 Å². The van der Waals surface area contributed by atoms with E-state index in [0.717, 1.165) is 30.4 Å². The molecule has 0 aromatic heterocycles. The van der Waals surface area contributed by atoms with Gasteiger partial charge < -0.3 is 9.84 Å². The number of esters is 1. The van der Waals surface area contributed by atoms with Crippen LogP contribution in [0.1, 0.15) is 43.7 Å². The van der Waals surface area contributed by atoms with Crippen LogP contribution in [0.3, 0.4) is 0 Å². The second kappa shape index (κ2) is 7.86. The Morgan fingerprint density at radius 1 is 1.03 bits per heavy atom. The molecule has 2 aromatic carbocycles. The molecule has 1 heterocycles. The Morgan fingerprint density at radius 2 is 1.66 bits per heavy atom. The van der Waals surface area contributed by atoms with Gasteiger partial charge in [0.05, 0.1) is 5.57 Å². The number of Topliss-reactive ketones (excluding diaryl/α,β-unsaturated/α-hetero) is 1. The molecule has 1 aliphatic heterocycles. The molecule has 2 aromatic rings. The van der Waals surface area contributed by atoms with E-state index in [1.165, 1.54) is 0 Å². The van der Waals surface area contributed by atoms with Crippen molar-refractivity contribution in [3.8, 4) is 0 Å². The lowest BCUT2D eigenvalue weighted by Crippen LogP contribution is -2.48. The van der Waals surface area contributed by atoms with Crippen molar-refractivity contribution in [2.45, 2.75) is 50.5 Å². The van der Waals surface area contributed by atoms with Gasteiger partial charge in [-0.05, 0) is 36.8 Å². The van der Waals surface area contributed by atoms with E-state index in [2.05, 4.69) is 0 Å². The van der Waals surface area contributed by atoms with Gasteiger partial charge in [0.25, 0.3) is 0 Å². The third-order valence-electron chi connectivity index (χ3n) is 6.47. The number of cyclic esters (lactones) is 1. The molecule has 150 valence electrons. The monoisotopic (exact) mass is 390 g/mol. The Morgan fingerprint density at radius 3 is 2.21 bits per heavy atom. The van der Waals surface area contributed by atoms with Gasteiger partial charge in [-0.2, -0.15) is 0 Å². The molecule has 29 heavy (non-hydrogen) atoms. The average Bonchev–Trinajstić information content (AvgIpc) is 2.72. The van der Waals surface area contributed by atoms with Gasteiger partial charge in [0.1, 0.15) is 0 Å². The number of ketones is 1. The van der Waals surface area contributed by atoms with Crippen LogP contribution in [0, 0.1) is 5.92 Å². The lowest BCUT2D eigenvalue weighted by molar-refractivity contribution is -0.159. The van der Waals surface area contributed by atoms with Crippen LogP contribution in [0.25, 0.3) is 0 Å².